The van der Waals surface area contributed by atoms with Gasteiger partial charge in [-0.2, -0.15) is 0 Å². The summed E-state index contributed by atoms with van der Waals surface area (Å²) in [4.78, 5) is 17.0. The molecule has 0 atom stereocenters. The van der Waals surface area contributed by atoms with Crippen LogP contribution in [-0.4, -0.2) is 55.5 Å². The van der Waals surface area contributed by atoms with E-state index in [0.717, 1.165) is 45.1 Å². The van der Waals surface area contributed by atoms with E-state index < -0.39 is 0 Å². The zero-order valence-corrected chi connectivity index (χ0v) is 17.5. The molecule has 1 aromatic carbocycles. The van der Waals surface area contributed by atoms with E-state index in [9.17, 15) is 4.79 Å². The molecule has 3 rings (SSSR count). The van der Waals surface area contributed by atoms with Crippen LogP contribution in [0, 0.1) is 5.92 Å². The van der Waals surface area contributed by atoms with Crippen LogP contribution in [-0.2, 0) is 11.3 Å². The van der Waals surface area contributed by atoms with Crippen molar-refractivity contribution in [2.45, 2.75) is 51.5 Å². The Hall–Kier alpha value is -1.65. The van der Waals surface area contributed by atoms with Crippen molar-refractivity contribution in [3.63, 3.8) is 0 Å². The third kappa shape index (κ3) is 7.40. The van der Waals surface area contributed by atoms with E-state index in [1.165, 1.54) is 49.7 Å². The number of amides is 1. The molecule has 154 valence electrons. The lowest BCUT2D eigenvalue weighted by molar-refractivity contribution is -0.122. The molecule has 1 amide bonds. The molecule has 0 radical (unpaired) electrons. The Labute approximate surface area is 171 Å². The number of carbonyl (C=O) groups excluding carboxylic acids is 1. The summed E-state index contributed by atoms with van der Waals surface area (Å²) >= 11 is 0. The van der Waals surface area contributed by atoms with Crippen molar-refractivity contribution < 1.29 is 4.79 Å². The third-order valence-corrected chi connectivity index (χ3v) is 6.09. The summed E-state index contributed by atoms with van der Waals surface area (Å²) in [5.74, 6) is 0.933. The lowest BCUT2D eigenvalue weighted by Crippen LogP contribution is -2.43. The van der Waals surface area contributed by atoms with E-state index in [4.69, 9.17) is 0 Å². The second kappa shape index (κ2) is 11.4. The van der Waals surface area contributed by atoms with Crippen LogP contribution in [0.15, 0.2) is 42.0 Å². The van der Waals surface area contributed by atoms with Crippen LogP contribution in [0.4, 0.5) is 0 Å². The van der Waals surface area contributed by atoms with Gasteiger partial charge in [0.1, 0.15) is 0 Å². The number of allylic oxidation sites excluding steroid dienone is 1. The number of benzene rings is 1. The van der Waals surface area contributed by atoms with E-state index in [1.807, 2.05) is 0 Å². The predicted molar refractivity (Wildman–Crippen MR) is 116 cm³/mol. The molecular formula is C24H37N3O. The number of piperidine rings is 1. The van der Waals surface area contributed by atoms with E-state index in [0.29, 0.717) is 6.54 Å². The fourth-order valence-corrected chi connectivity index (χ4v) is 4.48. The maximum absolute atomic E-state index is 12.2. The van der Waals surface area contributed by atoms with Crippen LogP contribution < -0.4 is 5.32 Å². The van der Waals surface area contributed by atoms with Crippen LogP contribution in [0.1, 0.15) is 50.5 Å². The minimum atomic E-state index is 0.191. The van der Waals surface area contributed by atoms with Gasteiger partial charge in [0.15, 0.2) is 0 Å². The Morgan fingerprint density at radius 1 is 1.18 bits per heavy atom. The molecule has 0 spiro atoms. The predicted octanol–water partition coefficient (Wildman–Crippen LogP) is 3.84. The lowest BCUT2D eigenvalue weighted by atomic mass is 9.96. The summed E-state index contributed by atoms with van der Waals surface area (Å²) in [6.45, 7) is 5.60. The summed E-state index contributed by atoms with van der Waals surface area (Å²) < 4.78 is 0. The number of nitrogens with one attached hydrogen (secondary N) is 1. The van der Waals surface area contributed by atoms with Crippen molar-refractivity contribution in [3.8, 4) is 0 Å². The summed E-state index contributed by atoms with van der Waals surface area (Å²) in [7, 11) is 2.22. The summed E-state index contributed by atoms with van der Waals surface area (Å²) in [6.07, 6.45) is 10.9. The third-order valence-electron chi connectivity index (χ3n) is 6.09. The minimum absolute atomic E-state index is 0.191. The van der Waals surface area contributed by atoms with E-state index in [2.05, 4.69) is 58.6 Å². The first-order valence-electron chi connectivity index (χ1n) is 11.1. The van der Waals surface area contributed by atoms with E-state index in [1.54, 1.807) is 0 Å². The highest BCUT2D eigenvalue weighted by atomic mass is 16.2. The first-order chi connectivity index (χ1) is 13.7. The molecule has 1 heterocycles. The normalized spacial score (nSPS) is 18.9. The number of carbonyl (C=O) groups is 1. The Morgan fingerprint density at radius 3 is 2.68 bits per heavy atom. The highest BCUT2D eigenvalue weighted by Crippen LogP contribution is 2.20. The molecule has 0 bridgehead atoms. The van der Waals surface area contributed by atoms with Crippen molar-refractivity contribution in [2.24, 2.45) is 5.92 Å². The summed E-state index contributed by atoms with van der Waals surface area (Å²) in [6, 6.07) is 10.7. The Balaban J connectivity index is 1.28. The van der Waals surface area contributed by atoms with Gasteiger partial charge in [0.05, 0.1) is 6.54 Å². The fourth-order valence-electron chi connectivity index (χ4n) is 4.48. The molecule has 1 N–H and O–H groups in total. The van der Waals surface area contributed by atoms with Gasteiger partial charge in [-0.15, -0.1) is 0 Å². The van der Waals surface area contributed by atoms with Crippen molar-refractivity contribution in [1.82, 2.24) is 15.1 Å². The number of hydrogen-bond acceptors (Lipinski definition) is 3. The second-order valence-corrected chi connectivity index (χ2v) is 8.61. The Bertz CT molecular complexity index is 620. The molecule has 1 aliphatic carbocycles. The van der Waals surface area contributed by atoms with Gasteiger partial charge < -0.3 is 10.2 Å². The molecule has 1 saturated heterocycles. The Morgan fingerprint density at radius 2 is 1.96 bits per heavy atom. The first-order valence-corrected chi connectivity index (χ1v) is 11.1. The topological polar surface area (TPSA) is 35.6 Å². The lowest BCUT2D eigenvalue weighted by Gasteiger charge is -2.33. The van der Waals surface area contributed by atoms with Crippen LogP contribution in [0.3, 0.4) is 0 Å². The van der Waals surface area contributed by atoms with Crippen molar-refractivity contribution in [3.05, 3.63) is 47.5 Å². The van der Waals surface area contributed by atoms with Crippen LogP contribution >= 0.6 is 0 Å². The average molecular weight is 384 g/mol. The monoisotopic (exact) mass is 383 g/mol. The van der Waals surface area contributed by atoms with Gasteiger partial charge in [0, 0.05) is 19.6 Å². The highest BCUT2D eigenvalue weighted by Gasteiger charge is 2.21. The summed E-state index contributed by atoms with van der Waals surface area (Å²) in [5.41, 5.74) is 2.91. The van der Waals surface area contributed by atoms with E-state index in [-0.39, 0.29) is 5.91 Å². The van der Waals surface area contributed by atoms with Crippen molar-refractivity contribution in [2.75, 3.05) is 39.8 Å². The van der Waals surface area contributed by atoms with Gasteiger partial charge in [0.2, 0.25) is 5.91 Å². The molecule has 1 aromatic rings. The quantitative estimate of drug-likeness (QED) is 0.658. The van der Waals surface area contributed by atoms with Gasteiger partial charge in [-0.05, 0) is 76.6 Å². The number of likely N-dealkylation sites (tertiary alicyclic amines) is 1. The average Bonchev–Trinajstić information content (AvgIpc) is 2.71. The molecule has 1 aliphatic heterocycles. The van der Waals surface area contributed by atoms with Gasteiger partial charge in [-0.3, -0.25) is 9.69 Å². The molecule has 4 heteroatoms. The molecule has 0 unspecified atom stereocenters. The fraction of sp³-hybridized carbons (Fsp3) is 0.625. The number of rotatable bonds is 9. The number of hydrogen-bond donors (Lipinski definition) is 1. The zero-order chi connectivity index (χ0) is 19.6. The molecule has 28 heavy (non-hydrogen) atoms. The second-order valence-electron chi connectivity index (χ2n) is 8.61. The molecule has 0 saturated carbocycles. The van der Waals surface area contributed by atoms with Crippen LogP contribution in [0.5, 0.6) is 0 Å². The van der Waals surface area contributed by atoms with Gasteiger partial charge in [-0.25, -0.2) is 0 Å². The molecular weight excluding hydrogens is 346 g/mol. The van der Waals surface area contributed by atoms with Gasteiger partial charge >= 0.3 is 0 Å². The Kier molecular flexibility index (Phi) is 8.56. The first kappa shape index (κ1) is 21.1. The smallest absolute Gasteiger partial charge is 0.234 e. The SMILES string of the molecule is CN(Cc1ccccc1)CC1CCN(CC(=O)NCCC2=CCCCC2)CC1. The molecule has 1 fully saturated rings. The van der Waals surface area contributed by atoms with Crippen LogP contribution in [0.2, 0.25) is 0 Å². The molecule has 2 aliphatic rings. The largest absolute Gasteiger partial charge is 0.355 e. The molecule has 4 nitrogen and oxygen atoms in total. The highest BCUT2D eigenvalue weighted by molar-refractivity contribution is 5.78. The number of nitrogens with zero attached hydrogens (tertiary/aromatic N) is 2. The maximum atomic E-state index is 12.2. The van der Waals surface area contributed by atoms with Crippen molar-refractivity contribution >= 4 is 5.91 Å². The standard InChI is InChI=1S/C24H37N3O/c1-26(18-22-10-6-3-7-11-22)19-23-13-16-27(17-14-23)20-24(28)25-15-12-21-8-4-2-5-9-21/h3,6-8,10-11,23H,2,4-5,9,12-20H2,1H3,(H,25,28). The minimum Gasteiger partial charge on any atom is -0.355 e. The molecule has 0 aromatic heterocycles. The summed E-state index contributed by atoms with van der Waals surface area (Å²) in [5, 5.41) is 3.12. The van der Waals surface area contributed by atoms with Gasteiger partial charge in [-0.1, -0.05) is 42.0 Å². The van der Waals surface area contributed by atoms with Gasteiger partial charge in [0.25, 0.3) is 0 Å². The van der Waals surface area contributed by atoms with Crippen LogP contribution in [0.25, 0.3) is 0 Å². The van der Waals surface area contributed by atoms with Crippen molar-refractivity contribution in [1.29, 1.82) is 0 Å². The zero-order valence-electron chi connectivity index (χ0n) is 17.5. The maximum Gasteiger partial charge on any atom is 0.234 e. The van der Waals surface area contributed by atoms with E-state index >= 15 is 0 Å².